The van der Waals surface area contributed by atoms with Crippen LogP contribution in [0.15, 0.2) is 18.6 Å². The third kappa shape index (κ3) is 2.24. The predicted octanol–water partition coefficient (Wildman–Crippen LogP) is 1.12. The SMILES string of the molecule is CCCn1cc(C(O)c2c(OC)cnn2C)cn1. The van der Waals surface area contributed by atoms with Crippen LogP contribution < -0.4 is 4.74 Å². The maximum absolute atomic E-state index is 10.4. The molecular weight excluding hydrogens is 232 g/mol. The molecular formula is C12H18N4O2. The average Bonchev–Trinajstić information content (AvgIpc) is 2.95. The molecule has 2 aromatic heterocycles. The quantitative estimate of drug-likeness (QED) is 0.863. The largest absolute Gasteiger partial charge is 0.493 e. The Morgan fingerprint density at radius 2 is 2.17 bits per heavy atom. The molecule has 98 valence electrons. The van der Waals surface area contributed by atoms with Crippen LogP contribution in [0.4, 0.5) is 0 Å². The number of nitrogens with zero attached hydrogens (tertiary/aromatic N) is 4. The van der Waals surface area contributed by atoms with E-state index in [-0.39, 0.29) is 0 Å². The summed E-state index contributed by atoms with van der Waals surface area (Å²) in [4.78, 5) is 0. The molecule has 18 heavy (non-hydrogen) atoms. The molecule has 2 aromatic rings. The monoisotopic (exact) mass is 250 g/mol. The average molecular weight is 250 g/mol. The Kier molecular flexibility index (Phi) is 3.66. The van der Waals surface area contributed by atoms with Gasteiger partial charge in [-0.2, -0.15) is 10.2 Å². The second kappa shape index (κ2) is 5.22. The van der Waals surface area contributed by atoms with Gasteiger partial charge in [0.1, 0.15) is 11.8 Å². The minimum atomic E-state index is -0.780. The van der Waals surface area contributed by atoms with Gasteiger partial charge in [0.05, 0.1) is 19.5 Å². The molecule has 0 bridgehead atoms. The third-order valence-electron chi connectivity index (χ3n) is 2.85. The van der Waals surface area contributed by atoms with Gasteiger partial charge in [-0.05, 0) is 6.42 Å². The fourth-order valence-electron chi connectivity index (χ4n) is 1.93. The first-order valence-corrected chi connectivity index (χ1v) is 5.93. The van der Waals surface area contributed by atoms with Gasteiger partial charge in [-0.15, -0.1) is 0 Å². The predicted molar refractivity (Wildman–Crippen MR) is 66.3 cm³/mol. The summed E-state index contributed by atoms with van der Waals surface area (Å²) in [5, 5.41) is 18.7. The Bertz CT molecular complexity index is 518. The normalized spacial score (nSPS) is 12.7. The lowest BCUT2D eigenvalue weighted by molar-refractivity contribution is 0.204. The zero-order chi connectivity index (χ0) is 13.1. The molecule has 6 heteroatoms. The van der Waals surface area contributed by atoms with Crippen molar-refractivity contribution >= 4 is 0 Å². The van der Waals surface area contributed by atoms with Crippen molar-refractivity contribution in [3.8, 4) is 5.75 Å². The van der Waals surface area contributed by atoms with Crippen molar-refractivity contribution in [2.45, 2.75) is 26.0 Å². The van der Waals surface area contributed by atoms with E-state index in [0.717, 1.165) is 18.5 Å². The number of aryl methyl sites for hydroxylation is 2. The first-order valence-electron chi connectivity index (χ1n) is 5.93. The second-order valence-corrected chi connectivity index (χ2v) is 4.16. The third-order valence-corrected chi connectivity index (χ3v) is 2.85. The molecule has 0 aliphatic carbocycles. The van der Waals surface area contributed by atoms with Gasteiger partial charge in [0, 0.05) is 25.4 Å². The number of aliphatic hydroxyl groups excluding tert-OH is 1. The van der Waals surface area contributed by atoms with Gasteiger partial charge in [0.2, 0.25) is 0 Å². The highest BCUT2D eigenvalue weighted by atomic mass is 16.5. The van der Waals surface area contributed by atoms with Crippen molar-refractivity contribution in [2.24, 2.45) is 7.05 Å². The number of hydrogen-bond acceptors (Lipinski definition) is 4. The van der Waals surface area contributed by atoms with Crippen LogP contribution in [0.1, 0.15) is 30.7 Å². The first kappa shape index (κ1) is 12.6. The number of hydrogen-bond donors (Lipinski definition) is 1. The van der Waals surface area contributed by atoms with E-state index in [1.165, 1.54) is 0 Å². The van der Waals surface area contributed by atoms with E-state index in [1.54, 1.807) is 31.2 Å². The molecule has 0 aromatic carbocycles. The lowest BCUT2D eigenvalue weighted by Crippen LogP contribution is -2.07. The molecule has 0 aliphatic rings. The smallest absolute Gasteiger partial charge is 0.162 e. The Morgan fingerprint density at radius 3 is 2.83 bits per heavy atom. The molecule has 0 fully saturated rings. The van der Waals surface area contributed by atoms with Gasteiger partial charge in [0.15, 0.2) is 5.75 Å². The van der Waals surface area contributed by atoms with Gasteiger partial charge in [0.25, 0.3) is 0 Å². The Balaban J connectivity index is 2.28. The van der Waals surface area contributed by atoms with Crippen molar-refractivity contribution in [1.29, 1.82) is 0 Å². The molecule has 1 atom stereocenters. The van der Waals surface area contributed by atoms with E-state index in [9.17, 15) is 5.11 Å². The topological polar surface area (TPSA) is 65.1 Å². The summed E-state index contributed by atoms with van der Waals surface area (Å²) >= 11 is 0. The van der Waals surface area contributed by atoms with Crippen LogP contribution in [0.3, 0.4) is 0 Å². The number of aliphatic hydroxyl groups is 1. The Labute approximate surface area is 106 Å². The minimum Gasteiger partial charge on any atom is -0.493 e. The summed E-state index contributed by atoms with van der Waals surface area (Å²) in [5.74, 6) is 0.577. The first-order chi connectivity index (χ1) is 8.67. The van der Waals surface area contributed by atoms with Crippen LogP contribution in [0.5, 0.6) is 5.75 Å². The Hall–Kier alpha value is -1.82. The van der Waals surface area contributed by atoms with Crippen molar-refractivity contribution < 1.29 is 9.84 Å². The molecule has 0 amide bonds. The summed E-state index contributed by atoms with van der Waals surface area (Å²) in [6, 6.07) is 0. The van der Waals surface area contributed by atoms with Gasteiger partial charge < -0.3 is 9.84 Å². The van der Waals surface area contributed by atoms with Gasteiger partial charge in [-0.25, -0.2) is 0 Å². The number of methoxy groups -OCH3 is 1. The fourth-order valence-corrected chi connectivity index (χ4v) is 1.93. The van der Waals surface area contributed by atoms with E-state index in [0.29, 0.717) is 11.4 Å². The summed E-state index contributed by atoms with van der Waals surface area (Å²) in [7, 11) is 3.34. The highest BCUT2D eigenvalue weighted by Crippen LogP contribution is 2.28. The van der Waals surface area contributed by atoms with Crippen LogP contribution in [-0.4, -0.2) is 31.8 Å². The summed E-state index contributed by atoms with van der Waals surface area (Å²) < 4.78 is 8.63. The van der Waals surface area contributed by atoms with Crippen LogP contribution in [0, 0.1) is 0 Å². The van der Waals surface area contributed by atoms with Gasteiger partial charge in [-0.3, -0.25) is 9.36 Å². The highest BCUT2D eigenvalue weighted by molar-refractivity contribution is 5.32. The van der Waals surface area contributed by atoms with Crippen molar-refractivity contribution in [2.75, 3.05) is 7.11 Å². The molecule has 0 aliphatic heterocycles. The van der Waals surface area contributed by atoms with Crippen LogP contribution in [0.2, 0.25) is 0 Å². The lowest BCUT2D eigenvalue weighted by Gasteiger charge is -2.11. The number of aromatic nitrogens is 4. The molecule has 0 radical (unpaired) electrons. The molecule has 6 nitrogen and oxygen atoms in total. The standard InChI is InChI=1S/C12H18N4O2/c1-4-5-16-8-9(6-14-16)12(17)11-10(18-3)7-13-15(11)2/h6-8,12,17H,4-5H2,1-3H3. The molecule has 0 spiro atoms. The van der Waals surface area contributed by atoms with Crippen LogP contribution in [0.25, 0.3) is 0 Å². The molecule has 1 unspecified atom stereocenters. The summed E-state index contributed by atoms with van der Waals surface area (Å²) in [5.41, 5.74) is 1.37. The molecule has 2 rings (SSSR count). The van der Waals surface area contributed by atoms with E-state index in [1.807, 2.05) is 10.9 Å². The fraction of sp³-hybridized carbons (Fsp3) is 0.500. The second-order valence-electron chi connectivity index (χ2n) is 4.16. The van der Waals surface area contributed by atoms with Crippen LogP contribution in [-0.2, 0) is 13.6 Å². The van der Waals surface area contributed by atoms with Crippen LogP contribution >= 0.6 is 0 Å². The van der Waals surface area contributed by atoms with Crippen molar-refractivity contribution in [1.82, 2.24) is 19.6 Å². The molecule has 0 saturated heterocycles. The molecule has 1 N–H and O–H groups in total. The highest BCUT2D eigenvalue weighted by Gasteiger charge is 2.21. The van der Waals surface area contributed by atoms with E-state index in [2.05, 4.69) is 17.1 Å². The zero-order valence-corrected chi connectivity index (χ0v) is 10.9. The van der Waals surface area contributed by atoms with Gasteiger partial charge in [-0.1, -0.05) is 6.92 Å². The lowest BCUT2D eigenvalue weighted by atomic mass is 10.1. The van der Waals surface area contributed by atoms with E-state index >= 15 is 0 Å². The maximum Gasteiger partial charge on any atom is 0.162 e. The molecule has 2 heterocycles. The Morgan fingerprint density at radius 1 is 1.39 bits per heavy atom. The van der Waals surface area contributed by atoms with E-state index < -0.39 is 6.10 Å². The zero-order valence-electron chi connectivity index (χ0n) is 10.9. The minimum absolute atomic E-state index is 0.577. The van der Waals surface area contributed by atoms with Gasteiger partial charge >= 0.3 is 0 Å². The number of ether oxygens (including phenoxy) is 1. The van der Waals surface area contributed by atoms with Crippen molar-refractivity contribution in [3.05, 3.63) is 29.8 Å². The van der Waals surface area contributed by atoms with Crippen molar-refractivity contribution in [3.63, 3.8) is 0 Å². The van der Waals surface area contributed by atoms with E-state index in [4.69, 9.17) is 4.74 Å². The summed E-state index contributed by atoms with van der Waals surface area (Å²) in [6.45, 7) is 2.93. The summed E-state index contributed by atoms with van der Waals surface area (Å²) in [6.07, 6.45) is 5.34. The molecule has 0 saturated carbocycles. The maximum atomic E-state index is 10.4. The number of rotatable bonds is 5.